The molecule has 0 aliphatic heterocycles. The molecule has 25 heavy (non-hydrogen) atoms. The highest BCUT2D eigenvalue weighted by Gasteiger charge is 2.19. The van der Waals surface area contributed by atoms with Gasteiger partial charge in [0.05, 0.1) is 6.04 Å². The lowest BCUT2D eigenvalue weighted by atomic mass is 9.89. The average Bonchev–Trinajstić information content (AvgIpc) is 2.61. The Hall–Kier alpha value is -2.00. The Kier molecular flexibility index (Phi) is 5.64. The SMILES string of the molecule is C[C@H](NC(=O)[C@@H](C)Oc1cccc(Cl)c1)c1ccc2c(c1)CCCC2. The van der Waals surface area contributed by atoms with Crippen LogP contribution < -0.4 is 10.1 Å². The molecule has 3 rings (SSSR count). The molecule has 2 aromatic carbocycles. The van der Waals surface area contributed by atoms with Crippen molar-refractivity contribution in [2.45, 2.75) is 51.7 Å². The fraction of sp³-hybridized carbons (Fsp3) is 0.381. The molecule has 0 saturated heterocycles. The maximum atomic E-state index is 12.4. The molecule has 0 unspecified atom stereocenters. The number of fused-ring (bicyclic) bond motifs is 1. The van der Waals surface area contributed by atoms with Crippen molar-refractivity contribution < 1.29 is 9.53 Å². The number of benzene rings is 2. The van der Waals surface area contributed by atoms with Crippen molar-refractivity contribution in [2.24, 2.45) is 0 Å². The molecule has 1 aliphatic rings. The fourth-order valence-corrected chi connectivity index (χ4v) is 3.42. The predicted molar refractivity (Wildman–Crippen MR) is 101 cm³/mol. The van der Waals surface area contributed by atoms with Crippen molar-refractivity contribution in [2.75, 3.05) is 0 Å². The number of rotatable bonds is 5. The zero-order chi connectivity index (χ0) is 17.8. The van der Waals surface area contributed by atoms with Crippen LogP contribution in [0.25, 0.3) is 0 Å². The van der Waals surface area contributed by atoms with E-state index in [4.69, 9.17) is 16.3 Å². The van der Waals surface area contributed by atoms with E-state index in [9.17, 15) is 4.79 Å². The molecule has 3 nitrogen and oxygen atoms in total. The van der Waals surface area contributed by atoms with Crippen LogP contribution in [0.2, 0.25) is 5.02 Å². The van der Waals surface area contributed by atoms with Gasteiger partial charge in [-0.05, 0) is 74.4 Å². The van der Waals surface area contributed by atoms with Gasteiger partial charge in [0.1, 0.15) is 5.75 Å². The summed E-state index contributed by atoms with van der Waals surface area (Å²) >= 11 is 5.95. The van der Waals surface area contributed by atoms with Gasteiger partial charge >= 0.3 is 0 Å². The minimum absolute atomic E-state index is 0.0508. The largest absolute Gasteiger partial charge is 0.481 e. The Balaban J connectivity index is 1.61. The first-order valence-corrected chi connectivity index (χ1v) is 9.25. The van der Waals surface area contributed by atoms with E-state index >= 15 is 0 Å². The Morgan fingerprint density at radius 2 is 1.84 bits per heavy atom. The number of nitrogens with one attached hydrogen (secondary N) is 1. The van der Waals surface area contributed by atoms with Gasteiger partial charge in [-0.25, -0.2) is 0 Å². The Morgan fingerprint density at radius 3 is 2.60 bits per heavy atom. The number of hydrogen-bond acceptors (Lipinski definition) is 2. The topological polar surface area (TPSA) is 38.3 Å². The summed E-state index contributed by atoms with van der Waals surface area (Å²) in [4.78, 5) is 12.4. The van der Waals surface area contributed by atoms with Crippen LogP contribution in [0.1, 0.15) is 49.4 Å². The first-order chi connectivity index (χ1) is 12.0. The van der Waals surface area contributed by atoms with E-state index in [1.165, 1.54) is 30.4 Å². The summed E-state index contributed by atoms with van der Waals surface area (Å²) in [5.41, 5.74) is 4.02. The lowest BCUT2D eigenvalue weighted by Crippen LogP contribution is -2.37. The van der Waals surface area contributed by atoms with E-state index in [0.717, 1.165) is 12.0 Å². The van der Waals surface area contributed by atoms with Gasteiger partial charge in [-0.3, -0.25) is 4.79 Å². The summed E-state index contributed by atoms with van der Waals surface area (Å²) in [6.45, 7) is 3.75. The van der Waals surface area contributed by atoms with Gasteiger partial charge in [0.15, 0.2) is 6.10 Å². The minimum Gasteiger partial charge on any atom is -0.481 e. The van der Waals surface area contributed by atoms with Crippen molar-refractivity contribution in [3.63, 3.8) is 0 Å². The van der Waals surface area contributed by atoms with Crippen LogP contribution in [0.4, 0.5) is 0 Å². The Morgan fingerprint density at radius 1 is 1.08 bits per heavy atom. The predicted octanol–water partition coefficient (Wildman–Crippen LogP) is 4.86. The van der Waals surface area contributed by atoms with Gasteiger partial charge < -0.3 is 10.1 Å². The van der Waals surface area contributed by atoms with E-state index in [2.05, 4.69) is 23.5 Å². The molecule has 2 aromatic rings. The minimum atomic E-state index is -0.585. The Labute approximate surface area is 154 Å². The summed E-state index contributed by atoms with van der Waals surface area (Å²) < 4.78 is 5.69. The van der Waals surface area contributed by atoms with Crippen LogP contribution in [-0.2, 0) is 17.6 Å². The molecule has 1 amide bonds. The van der Waals surface area contributed by atoms with Gasteiger partial charge in [-0.15, -0.1) is 0 Å². The zero-order valence-electron chi connectivity index (χ0n) is 14.7. The highest BCUT2D eigenvalue weighted by atomic mass is 35.5. The van der Waals surface area contributed by atoms with Crippen molar-refractivity contribution in [3.05, 3.63) is 64.2 Å². The van der Waals surface area contributed by atoms with E-state index in [1.54, 1.807) is 31.2 Å². The highest BCUT2D eigenvalue weighted by Crippen LogP contribution is 2.25. The van der Waals surface area contributed by atoms with E-state index in [1.807, 2.05) is 6.92 Å². The number of carbonyl (C=O) groups excluding carboxylic acids is 1. The maximum absolute atomic E-state index is 12.4. The molecule has 0 heterocycles. The van der Waals surface area contributed by atoms with Crippen molar-refractivity contribution >= 4 is 17.5 Å². The third-order valence-electron chi connectivity index (χ3n) is 4.71. The van der Waals surface area contributed by atoms with Gasteiger partial charge in [0, 0.05) is 5.02 Å². The molecule has 2 atom stereocenters. The molecule has 0 spiro atoms. The molecule has 0 fully saturated rings. The molecule has 1 aliphatic carbocycles. The second-order valence-corrected chi connectivity index (χ2v) is 7.12. The smallest absolute Gasteiger partial charge is 0.261 e. The lowest BCUT2D eigenvalue weighted by molar-refractivity contribution is -0.127. The van der Waals surface area contributed by atoms with E-state index < -0.39 is 6.10 Å². The summed E-state index contributed by atoms with van der Waals surface area (Å²) in [7, 11) is 0. The first-order valence-electron chi connectivity index (χ1n) is 8.87. The molecular formula is C21H24ClNO2. The van der Waals surface area contributed by atoms with Crippen molar-refractivity contribution in [3.8, 4) is 5.75 Å². The normalized spacial score (nSPS) is 15.8. The van der Waals surface area contributed by atoms with Crippen molar-refractivity contribution in [1.29, 1.82) is 0 Å². The number of hydrogen-bond donors (Lipinski definition) is 1. The van der Waals surface area contributed by atoms with Crippen LogP contribution in [-0.4, -0.2) is 12.0 Å². The van der Waals surface area contributed by atoms with E-state index in [0.29, 0.717) is 10.8 Å². The Bertz CT molecular complexity index is 759. The summed E-state index contributed by atoms with van der Waals surface area (Å²) in [6, 6.07) is 13.6. The standard InChI is InChI=1S/C21H24ClNO2/c1-14(17-11-10-16-6-3-4-7-18(16)12-17)23-21(24)15(2)25-20-9-5-8-19(22)13-20/h5,8-15H,3-4,6-7H2,1-2H3,(H,23,24)/t14-,15+/m0/s1. The molecule has 0 aromatic heterocycles. The number of aryl methyl sites for hydroxylation is 2. The number of halogens is 1. The second-order valence-electron chi connectivity index (χ2n) is 6.68. The van der Waals surface area contributed by atoms with Gasteiger partial charge in [0.2, 0.25) is 0 Å². The number of carbonyl (C=O) groups is 1. The maximum Gasteiger partial charge on any atom is 0.261 e. The second kappa shape index (κ2) is 7.92. The zero-order valence-corrected chi connectivity index (χ0v) is 15.5. The van der Waals surface area contributed by atoms with Crippen LogP contribution in [0.15, 0.2) is 42.5 Å². The van der Waals surface area contributed by atoms with E-state index in [-0.39, 0.29) is 11.9 Å². The average molecular weight is 358 g/mol. The molecular weight excluding hydrogens is 334 g/mol. The molecule has 0 radical (unpaired) electrons. The summed E-state index contributed by atoms with van der Waals surface area (Å²) in [5, 5.41) is 3.63. The first kappa shape index (κ1) is 17.8. The highest BCUT2D eigenvalue weighted by molar-refractivity contribution is 6.30. The molecule has 1 N–H and O–H groups in total. The molecule has 132 valence electrons. The quantitative estimate of drug-likeness (QED) is 0.829. The third kappa shape index (κ3) is 4.55. The third-order valence-corrected chi connectivity index (χ3v) is 4.94. The number of ether oxygens (including phenoxy) is 1. The van der Waals surface area contributed by atoms with Crippen LogP contribution >= 0.6 is 11.6 Å². The van der Waals surface area contributed by atoms with Crippen molar-refractivity contribution in [1.82, 2.24) is 5.32 Å². The molecule has 4 heteroatoms. The fourth-order valence-electron chi connectivity index (χ4n) is 3.23. The lowest BCUT2D eigenvalue weighted by Gasteiger charge is -2.21. The summed E-state index contributed by atoms with van der Waals surface area (Å²) in [5.74, 6) is 0.460. The molecule has 0 saturated carbocycles. The number of amides is 1. The summed E-state index contributed by atoms with van der Waals surface area (Å²) in [6.07, 6.45) is 4.25. The van der Waals surface area contributed by atoms with Crippen LogP contribution in [0, 0.1) is 0 Å². The van der Waals surface area contributed by atoms with Gasteiger partial charge in [0.25, 0.3) is 5.91 Å². The monoisotopic (exact) mass is 357 g/mol. The van der Waals surface area contributed by atoms with Gasteiger partial charge in [-0.1, -0.05) is 35.9 Å². The van der Waals surface area contributed by atoms with Crippen LogP contribution in [0.3, 0.4) is 0 Å². The molecule has 0 bridgehead atoms. The van der Waals surface area contributed by atoms with Crippen LogP contribution in [0.5, 0.6) is 5.75 Å². The van der Waals surface area contributed by atoms with Gasteiger partial charge in [-0.2, -0.15) is 0 Å².